The Morgan fingerprint density at radius 2 is 2.06 bits per heavy atom. The summed E-state index contributed by atoms with van der Waals surface area (Å²) in [7, 11) is 1.24. The molecule has 1 aromatic rings. The molecule has 2 nitrogen and oxygen atoms in total. The minimum atomic E-state index is -4.36. The van der Waals surface area contributed by atoms with Gasteiger partial charge in [-0.25, -0.2) is 0 Å². The van der Waals surface area contributed by atoms with Gasteiger partial charge in [-0.2, -0.15) is 13.2 Å². The summed E-state index contributed by atoms with van der Waals surface area (Å²) >= 11 is 0. The molecule has 0 aliphatic carbocycles. The maximum Gasteiger partial charge on any atom is 0.416 e. The molecule has 0 fully saturated rings. The second-order valence-corrected chi connectivity index (χ2v) is 3.58. The Morgan fingerprint density at radius 1 is 1.39 bits per heavy atom. The lowest BCUT2D eigenvalue weighted by Crippen LogP contribution is -2.07. The molecule has 5 heteroatoms. The lowest BCUT2D eigenvalue weighted by Gasteiger charge is -2.09. The van der Waals surface area contributed by atoms with Crippen LogP contribution in [0.1, 0.15) is 23.1 Å². The number of ether oxygens (including phenoxy) is 1. The minimum Gasteiger partial charge on any atom is -0.468 e. The number of hydrogen-bond acceptors (Lipinski definition) is 2. The molecule has 0 saturated carbocycles. The van der Waals surface area contributed by atoms with E-state index in [1.807, 2.05) is 0 Å². The quantitative estimate of drug-likeness (QED) is 0.570. The van der Waals surface area contributed by atoms with Gasteiger partial charge < -0.3 is 4.74 Å². The number of methoxy groups -OCH3 is 1. The Labute approximate surface area is 103 Å². The van der Waals surface area contributed by atoms with Gasteiger partial charge in [0.1, 0.15) is 6.42 Å². The Balaban J connectivity index is 2.89. The van der Waals surface area contributed by atoms with Crippen LogP contribution in [-0.2, 0) is 15.7 Å². The highest BCUT2D eigenvalue weighted by atomic mass is 19.4. The number of carbonyl (C=O) groups excluding carboxylic acids is 1. The summed E-state index contributed by atoms with van der Waals surface area (Å²) in [6.45, 7) is 1.37. The zero-order valence-corrected chi connectivity index (χ0v) is 9.89. The van der Waals surface area contributed by atoms with Crippen molar-refractivity contribution < 1.29 is 22.7 Å². The van der Waals surface area contributed by atoms with Crippen molar-refractivity contribution in [2.75, 3.05) is 7.11 Å². The van der Waals surface area contributed by atoms with Crippen LogP contribution >= 0.6 is 0 Å². The van der Waals surface area contributed by atoms with E-state index in [0.717, 1.165) is 6.07 Å². The highest BCUT2D eigenvalue weighted by Gasteiger charge is 2.31. The average molecular weight is 256 g/mol. The van der Waals surface area contributed by atoms with E-state index < -0.39 is 17.7 Å². The van der Waals surface area contributed by atoms with Crippen LogP contribution in [0, 0.1) is 18.8 Å². The predicted molar refractivity (Wildman–Crippen MR) is 59.7 cm³/mol. The van der Waals surface area contributed by atoms with Crippen LogP contribution in [0.25, 0.3) is 0 Å². The number of halogens is 3. The average Bonchev–Trinajstić information content (AvgIpc) is 2.27. The molecule has 0 amide bonds. The molecule has 0 saturated heterocycles. The lowest BCUT2D eigenvalue weighted by atomic mass is 10.0. The van der Waals surface area contributed by atoms with E-state index >= 15 is 0 Å². The van der Waals surface area contributed by atoms with E-state index in [4.69, 9.17) is 0 Å². The summed E-state index contributed by atoms with van der Waals surface area (Å²) in [6, 6.07) is 3.60. The van der Waals surface area contributed by atoms with Gasteiger partial charge in [0.05, 0.1) is 12.7 Å². The van der Waals surface area contributed by atoms with Crippen molar-refractivity contribution in [1.82, 2.24) is 0 Å². The van der Waals surface area contributed by atoms with Gasteiger partial charge in [0.15, 0.2) is 0 Å². The number of esters is 1. The lowest BCUT2D eigenvalue weighted by molar-refractivity contribution is -0.139. The van der Waals surface area contributed by atoms with Gasteiger partial charge in [-0.1, -0.05) is 11.8 Å². The molecule has 0 aliphatic heterocycles. The van der Waals surface area contributed by atoms with Crippen LogP contribution in [0.15, 0.2) is 18.2 Å². The van der Waals surface area contributed by atoms with Gasteiger partial charge in [0.2, 0.25) is 0 Å². The van der Waals surface area contributed by atoms with Crippen LogP contribution in [0.4, 0.5) is 13.2 Å². The van der Waals surface area contributed by atoms with Gasteiger partial charge in [-0.3, -0.25) is 4.79 Å². The first-order chi connectivity index (χ1) is 8.34. The Bertz CT molecular complexity index is 507. The zero-order valence-electron chi connectivity index (χ0n) is 9.89. The Kier molecular flexibility index (Phi) is 4.38. The number of rotatable bonds is 1. The highest BCUT2D eigenvalue weighted by Crippen LogP contribution is 2.31. The van der Waals surface area contributed by atoms with Crippen molar-refractivity contribution in [3.63, 3.8) is 0 Å². The van der Waals surface area contributed by atoms with Crippen molar-refractivity contribution in [2.45, 2.75) is 19.5 Å². The molecular formula is C13H11F3O2. The Hall–Kier alpha value is -1.96. The van der Waals surface area contributed by atoms with E-state index in [9.17, 15) is 18.0 Å². The second kappa shape index (κ2) is 5.58. The van der Waals surface area contributed by atoms with Gasteiger partial charge in [-0.15, -0.1) is 0 Å². The maximum absolute atomic E-state index is 12.5. The molecule has 0 aromatic heterocycles. The summed E-state index contributed by atoms with van der Waals surface area (Å²) in [5.41, 5.74) is -0.141. The fourth-order valence-corrected chi connectivity index (χ4v) is 1.35. The standard InChI is InChI=1S/C13H11F3O2/c1-9-8-10(4-3-5-12(17)18-2)6-7-11(9)13(14,15)16/h6-8H,5H2,1-2H3. The van der Waals surface area contributed by atoms with Crippen LogP contribution in [-0.4, -0.2) is 13.1 Å². The molecular weight excluding hydrogens is 245 g/mol. The molecule has 1 rings (SSSR count). The van der Waals surface area contributed by atoms with Gasteiger partial charge in [0.25, 0.3) is 0 Å². The fraction of sp³-hybridized carbons (Fsp3) is 0.308. The topological polar surface area (TPSA) is 26.3 Å². The van der Waals surface area contributed by atoms with Crippen molar-refractivity contribution in [2.24, 2.45) is 0 Å². The number of benzene rings is 1. The third kappa shape index (κ3) is 3.81. The molecule has 0 unspecified atom stereocenters. The van der Waals surface area contributed by atoms with Gasteiger partial charge in [0, 0.05) is 5.56 Å². The molecule has 0 N–H and O–H groups in total. The van der Waals surface area contributed by atoms with Crippen LogP contribution in [0.5, 0.6) is 0 Å². The summed E-state index contributed by atoms with van der Waals surface area (Å²) in [6.07, 6.45) is -4.45. The van der Waals surface area contributed by atoms with E-state index in [1.54, 1.807) is 0 Å². The molecule has 0 atom stereocenters. The molecule has 1 aromatic carbocycles. The molecule has 0 radical (unpaired) electrons. The summed E-state index contributed by atoms with van der Waals surface area (Å²) < 4.78 is 41.8. The monoisotopic (exact) mass is 256 g/mol. The SMILES string of the molecule is COC(=O)CC#Cc1ccc(C(F)(F)F)c(C)c1. The third-order valence-corrected chi connectivity index (χ3v) is 2.22. The highest BCUT2D eigenvalue weighted by molar-refractivity contribution is 5.72. The van der Waals surface area contributed by atoms with Crippen molar-refractivity contribution in [3.8, 4) is 11.8 Å². The third-order valence-electron chi connectivity index (χ3n) is 2.22. The molecule has 0 heterocycles. The smallest absolute Gasteiger partial charge is 0.416 e. The number of alkyl halides is 3. The first-order valence-corrected chi connectivity index (χ1v) is 5.08. The predicted octanol–water partition coefficient (Wildman–Crippen LogP) is 2.93. The second-order valence-electron chi connectivity index (χ2n) is 3.58. The molecule has 96 valence electrons. The van der Waals surface area contributed by atoms with Gasteiger partial charge >= 0.3 is 12.1 Å². The van der Waals surface area contributed by atoms with Crippen molar-refractivity contribution in [3.05, 3.63) is 34.9 Å². The molecule has 18 heavy (non-hydrogen) atoms. The van der Waals surface area contributed by atoms with Crippen molar-refractivity contribution in [1.29, 1.82) is 0 Å². The molecule has 0 spiro atoms. The largest absolute Gasteiger partial charge is 0.468 e. The minimum absolute atomic E-state index is 0.0867. The first kappa shape index (κ1) is 14.1. The van der Waals surface area contributed by atoms with Crippen molar-refractivity contribution >= 4 is 5.97 Å². The fourth-order valence-electron chi connectivity index (χ4n) is 1.35. The normalized spacial score (nSPS) is 10.5. The Morgan fingerprint density at radius 3 is 2.56 bits per heavy atom. The van der Waals surface area contributed by atoms with E-state index in [0.29, 0.717) is 5.56 Å². The van der Waals surface area contributed by atoms with Crippen LogP contribution in [0.2, 0.25) is 0 Å². The maximum atomic E-state index is 12.5. The van der Waals surface area contributed by atoms with E-state index in [2.05, 4.69) is 16.6 Å². The number of hydrogen-bond donors (Lipinski definition) is 0. The summed E-state index contributed by atoms with van der Waals surface area (Å²) in [5, 5.41) is 0. The number of aryl methyl sites for hydroxylation is 1. The zero-order chi connectivity index (χ0) is 13.8. The number of carbonyl (C=O) groups is 1. The summed E-state index contributed by atoms with van der Waals surface area (Å²) in [4.78, 5) is 10.8. The molecule has 0 bridgehead atoms. The molecule has 0 aliphatic rings. The van der Waals surface area contributed by atoms with Crippen LogP contribution < -0.4 is 0 Å². The first-order valence-electron chi connectivity index (χ1n) is 5.08. The van der Waals surface area contributed by atoms with Crippen LogP contribution in [0.3, 0.4) is 0 Å². The van der Waals surface area contributed by atoms with E-state index in [-0.39, 0.29) is 12.0 Å². The summed E-state index contributed by atoms with van der Waals surface area (Å²) in [5.74, 6) is 4.66. The van der Waals surface area contributed by atoms with E-state index in [1.165, 1.54) is 26.2 Å². The van der Waals surface area contributed by atoms with Gasteiger partial charge in [-0.05, 0) is 30.7 Å².